The number of carbonyl (C=O) groups excluding carboxylic acids is 1. The standard InChI is InChI=1S/C19H23FN2O3S/c1-3-4-8-22(15-7-9-26(24,25)12-15)19(23)17-10-13(2)21-18-11-14(20)5-6-16(17)18/h5-6,10-11,15H,3-4,7-9,12H2,1-2H3. The molecule has 0 N–H and O–H groups in total. The Hall–Kier alpha value is -2.02. The highest BCUT2D eigenvalue weighted by molar-refractivity contribution is 7.91. The number of nitrogens with zero attached hydrogens (tertiary/aromatic N) is 2. The van der Waals surface area contributed by atoms with E-state index in [0.29, 0.717) is 35.1 Å². The van der Waals surface area contributed by atoms with Crippen molar-refractivity contribution in [3.63, 3.8) is 0 Å². The maximum atomic E-state index is 13.6. The maximum absolute atomic E-state index is 13.6. The third-order valence-corrected chi connectivity index (χ3v) is 6.54. The highest BCUT2D eigenvalue weighted by atomic mass is 32.2. The summed E-state index contributed by atoms with van der Waals surface area (Å²) in [5.74, 6) is -0.477. The lowest BCUT2D eigenvalue weighted by Gasteiger charge is -2.29. The van der Waals surface area contributed by atoms with E-state index in [2.05, 4.69) is 4.98 Å². The van der Waals surface area contributed by atoms with Crippen molar-refractivity contribution in [3.05, 3.63) is 41.3 Å². The Morgan fingerprint density at radius 2 is 2.12 bits per heavy atom. The van der Waals surface area contributed by atoms with E-state index >= 15 is 0 Å². The Bertz CT molecular complexity index is 938. The molecule has 1 saturated heterocycles. The average molecular weight is 378 g/mol. The molecule has 0 spiro atoms. The van der Waals surface area contributed by atoms with Gasteiger partial charge in [0, 0.05) is 29.7 Å². The van der Waals surface area contributed by atoms with Crippen molar-refractivity contribution >= 4 is 26.6 Å². The van der Waals surface area contributed by atoms with E-state index < -0.39 is 15.7 Å². The molecule has 140 valence electrons. The minimum atomic E-state index is -3.09. The maximum Gasteiger partial charge on any atom is 0.254 e. The number of carbonyl (C=O) groups is 1. The second-order valence-electron chi connectivity index (χ2n) is 6.88. The number of hydrogen-bond acceptors (Lipinski definition) is 4. The van der Waals surface area contributed by atoms with E-state index in [4.69, 9.17) is 0 Å². The molecule has 0 radical (unpaired) electrons. The third kappa shape index (κ3) is 3.87. The van der Waals surface area contributed by atoms with Crippen LogP contribution in [0.2, 0.25) is 0 Å². The van der Waals surface area contributed by atoms with Crippen molar-refractivity contribution in [2.45, 2.75) is 39.2 Å². The Labute approximate surface area is 153 Å². The van der Waals surface area contributed by atoms with E-state index in [1.165, 1.54) is 12.1 Å². The fourth-order valence-corrected chi connectivity index (χ4v) is 5.20. The summed E-state index contributed by atoms with van der Waals surface area (Å²) < 4.78 is 37.3. The zero-order valence-electron chi connectivity index (χ0n) is 15.0. The van der Waals surface area contributed by atoms with E-state index in [1.54, 1.807) is 24.0 Å². The van der Waals surface area contributed by atoms with Gasteiger partial charge in [0.05, 0.1) is 22.6 Å². The number of fused-ring (bicyclic) bond motifs is 1. The van der Waals surface area contributed by atoms with Gasteiger partial charge >= 0.3 is 0 Å². The van der Waals surface area contributed by atoms with Crippen molar-refractivity contribution in [1.29, 1.82) is 0 Å². The van der Waals surface area contributed by atoms with E-state index in [9.17, 15) is 17.6 Å². The van der Waals surface area contributed by atoms with Crippen LogP contribution < -0.4 is 0 Å². The SMILES string of the molecule is CCCCN(C(=O)c1cc(C)nc2cc(F)ccc12)C1CCS(=O)(=O)C1. The molecule has 1 fully saturated rings. The van der Waals surface area contributed by atoms with E-state index in [1.807, 2.05) is 6.92 Å². The molecule has 0 aliphatic carbocycles. The highest BCUT2D eigenvalue weighted by Crippen LogP contribution is 2.25. The lowest BCUT2D eigenvalue weighted by molar-refractivity contribution is 0.0696. The zero-order valence-corrected chi connectivity index (χ0v) is 15.9. The smallest absolute Gasteiger partial charge is 0.254 e. The Morgan fingerprint density at radius 3 is 2.77 bits per heavy atom. The van der Waals surface area contributed by atoms with Crippen LogP contribution in [0.15, 0.2) is 24.3 Å². The summed E-state index contributed by atoms with van der Waals surface area (Å²) in [6.45, 7) is 4.31. The number of aryl methyl sites for hydroxylation is 1. The summed E-state index contributed by atoms with van der Waals surface area (Å²) in [4.78, 5) is 19.3. The first-order chi connectivity index (χ1) is 12.3. The second-order valence-corrected chi connectivity index (χ2v) is 9.11. The van der Waals surface area contributed by atoms with Crippen LogP contribution in [0.5, 0.6) is 0 Å². The van der Waals surface area contributed by atoms with Gasteiger partial charge < -0.3 is 4.90 Å². The van der Waals surface area contributed by atoms with Gasteiger partial charge in [0.15, 0.2) is 9.84 Å². The quantitative estimate of drug-likeness (QED) is 0.802. The molecule has 1 unspecified atom stereocenters. The summed E-state index contributed by atoms with van der Waals surface area (Å²) in [5, 5.41) is 0.587. The summed E-state index contributed by atoms with van der Waals surface area (Å²) in [6, 6.07) is 5.59. The molecule has 1 aromatic heterocycles. The van der Waals surface area contributed by atoms with Gasteiger partial charge in [-0.1, -0.05) is 13.3 Å². The van der Waals surface area contributed by atoms with Crippen LogP contribution in [0.4, 0.5) is 4.39 Å². The Balaban J connectivity index is 2.02. The van der Waals surface area contributed by atoms with Crippen LogP contribution in [0.25, 0.3) is 10.9 Å². The predicted octanol–water partition coefficient (Wildman–Crippen LogP) is 3.11. The number of sulfone groups is 1. The molecule has 1 aliphatic rings. The number of rotatable bonds is 5. The summed E-state index contributed by atoms with van der Waals surface area (Å²) in [6.07, 6.45) is 2.18. The van der Waals surface area contributed by atoms with E-state index in [0.717, 1.165) is 12.8 Å². The molecule has 2 aromatic rings. The number of amides is 1. The molecule has 1 atom stereocenters. The fourth-order valence-electron chi connectivity index (χ4n) is 3.47. The minimum Gasteiger partial charge on any atom is -0.335 e. The Kier molecular flexibility index (Phi) is 5.27. The summed E-state index contributed by atoms with van der Waals surface area (Å²) in [5.41, 5.74) is 1.51. The van der Waals surface area contributed by atoms with Crippen molar-refractivity contribution < 1.29 is 17.6 Å². The molecule has 3 rings (SSSR count). The fraction of sp³-hybridized carbons (Fsp3) is 0.474. The second kappa shape index (κ2) is 7.31. The van der Waals surface area contributed by atoms with Crippen LogP contribution in [0, 0.1) is 12.7 Å². The van der Waals surface area contributed by atoms with Gasteiger partial charge in [-0.25, -0.2) is 12.8 Å². The lowest BCUT2D eigenvalue weighted by Crippen LogP contribution is -2.42. The molecule has 0 bridgehead atoms. The van der Waals surface area contributed by atoms with Crippen molar-refractivity contribution in [1.82, 2.24) is 9.88 Å². The highest BCUT2D eigenvalue weighted by Gasteiger charge is 2.35. The van der Waals surface area contributed by atoms with Gasteiger partial charge in [-0.2, -0.15) is 0 Å². The van der Waals surface area contributed by atoms with Crippen LogP contribution in [0.3, 0.4) is 0 Å². The molecule has 0 saturated carbocycles. The predicted molar refractivity (Wildman–Crippen MR) is 99.4 cm³/mol. The number of aromatic nitrogens is 1. The number of unbranched alkanes of at least 4 members (excludes halogenated alkanes) is 1. The molecular formula is C19H23FN2O3S. The monoisotopic (exact) mass is 378 g/mol. The summed E-state index contributed by atoms with van der Waals surface area (Å²) in [7, 11) is -3.09. The van der Waals surface area contributed by atoms with E-state index in [-0.39, 0.29) is 23.5 Å². The van der Waals surface area contributed by atoms with Crippen molar-refractivity contribution in [2.75, 3.05) is 18.1 Å². The largest absolute Gasteiger partial charge is 0.335 e. The zero-order chi connectivity index (χ0) is 18.9. The van der Waals surface area contributed by atoms with Crippen LogP contribution in [-0.2, 0) is 9.84 Å². The first kappa shape index (κ1) is 18.8. The Morgan fingerprint density at radius 1 is 1.35 bits per heavy atom. The van der Waals surface area contributed by atoms with Gasteiger partial charge in [0.1, 0.15) is 5.82 Å². The summed E-state index contributed by atoms with van der Waals surface area (Å²) >= 11 is 0. The molecule has 2 heterocycles. The molecule has 1 amide bonds. The van der Waals surface area contributed by atoms with Crippen molar-refractivity contribution in [2.24, 2.45) is 0 Å². The molecule has 5 nitrogen and oxygen atoms in total. The molecule has 7 heteroatoms. The molecule has 1 aliphatic heterocycles. The van der Waals surface area contributed by atoms with Crippen LogP contribution in [0.1, 0.15) is 42.2 Å². The average Bonchev–Trinajstić information content (AvgIpc) is 2.93. The number of benzene rings is 1. The van der Waals surface area contributed by atoms with Gasteiger partial charge in [-0.15, -0.1) is 0 Å². The van der Waals surface area contributed by atoms with Gasteiger partial charge in [-0.3, -0.25) is 9.78 Å². The molecule has 26 heavy (non-hydrogen) atoms. The first-order valence-electron chi connectivity index (χ1n) is 8.89. The van der Waals surface area contributed by atoms with Gasteiger partial charge in [-0.05, 0) is 38.0 Å². The normalized spacial score (nSPS) is 19.0. The number of halogens is 1. The minimum absolute atomic E-state index is 0.0130. The topological polar surface area (TPSA) is 67.3 Å². The molecule has 1 aromatic carbocycles. The van der Waals surface area contributed by atoms with Gasteiger partial charge in [0.25, 0.3) is 5.91 Å². The number of hydrogen-bond donors (Lipinski definition) is 0. The van der Waals surface area contributed by atoms with Gasteiger partial charge in [0.2, 0.25) is 0 Å². The first-order valence-corrected chi connectivity index (χ1v) is 10.7. The lowest BCUT2D eigenvalue weighted by atomic mass is 10.0. The number of pyridine rings is 1. The molecular weight excluding hydrogens is 355 g/mol. The van der Waals surface area contributed by atoms with Crippen LogP contribution in [-0.4, -0.2) is 48.3 Å². The van der Waals surface area contributed by atoms with Crippen molar-refractivity contribution in [3.8, 4) is 0 Å². The third-order valence-electron chi connectivity index (χ3n) is 4.79. The van der Waals surface area contributed by atoms with Crippen LogP contribution >= 0.6 is 0 Å².